The Balaban J connectivity index is 1.40. The van der Waals surface area contributed by atoms with Crippen LogP contribution in [0.2, 0.25) is 0 Å². The van der Waals surface area contributed by atoms with Gasteiger partial charge in [-0.25, -0.2) is 4.79 Å². The molecule has 30 heavy (non-hydrogen) atoms. The number of rotatable bonds is 4. The van der Waals surface area contributed by atoms with Crippen LogP contribution in [-0.2, 0) is 29.7 Å². The van der Waals surface area contributed by atoms with E-state index in [-0.39, 0.29) is 18.3 Å². The highest BCUT2D eigenvalue weighted by Gasteiger charge is 2.49. The third kappa shape index (κ3) is 3.02. The zero-order chi connectivity index (χ0) is 20.9. The van der Waals surface area contributed by atoms with Crippen LogP contribution < -0.4 is 5.32 Å². The summed E-state index contributed by atoms with van der Waals surface area (Å²) in [6.45, 7) is 1.66. The van der Waals surface area contributed by atoms with Gasteiger partial charge in [-0.05, 0) is 70.9 Å². The molecule has 7 nitrogen and oxygen atoms in total. The monoisotopic (exact) mass is 466 g/mol. The molecule has 0 saturated carbocycles. The van der Waals surface area contributed by atoms with Crippen molar-refractivity contribution in [3.05, 3.63) is 69.5 Å². The maximum Gasteiger partial charge on any atom is 0.325 e. The van der Waals surface area contributed by atoms with Gasteiger partial charge in [-0.15, -0.1) is 10.2 Å². The minimum atomic E-state index is -1.11. The van der Waals surface area contributed by atoms with Gasteiger partial charge in [-0.2, -0.15) is 0 Å². The Bertz CT molecular complexity index is 1170. The minimum Gasteiger partial charge on any atom is -0.419 e. The van der Waals surface area contributed by atoms with Gasteiger partial charge in [0.05, 0.1) is 5.56 Å². The van der Waals surface area contributed by atoms with E-state index in [0.29, 0.717) is 5.89 Å². The number of fused-ring (bicyclic) bond motifs is 1. The fourth-order valence-corrected chi connectivity index (χ4v) is 4.57. The van der Waals surface area contributed by atoms with Gasteiger partial charge in [0.2, 0.25) is 11.8 Å². The minimum absolute atomic E-state index is 0.0807. The molecule has 2 aromatic carbocycles. The molecule has 0 bridgehead atoms. The molecular formula is C22H19BrN4O3. The molecule has 2 heterocycles. The van der Waals surface area contributed by atoms with Crippen molar-refractivity contribution in [3.8, 4) is 11.5 Å². The van der Waals surface area contributed by atoms with Crippen molar-refractivity contribution in [2.75, 3.05) is 0 Å². The largest absolute Gasteiger partial charge is 0.419 e. The Labute approximate surface area is 181 Å². The molecule has 1 aromatic heterocycles. The maximum absolute atomic E-state index is 13.2. The van der Waals surface area contributed by atoms with E-state index in [2.05, 4.69) is 37.5 Å². The molecule has 1 fully saturated rings. The fraction of sp³-hybridized carbons (Fsp3) is 0.273. The van der Waals surface area contributed by atoms with Gasteiger partial charge in [0.25, 0.3) is 5.91 Å². The van der Waals surface area contributed by atoms with Gasteiger partial charge in [-0.1, -0.05) is 30.3 Å². The Morgan fingerprint density at radius 2 is 1.93 bits per heavy atom. The third-order valence-electron chi connectivity index (χ3n) is 5.82. The fourth-order valence-electron chi connectivity index (χ4n) is 4.12. The molecular weight excluding hydrogens is 448 g/mol. The number of carbonyl (C=O) groups excluding carboxylic acids is 2. The first-order valence-corrected chi connectivity index (χ1v) is 10.6. The summed E-state index contributed by atoms with van der Waals surface area (Å²) in [7, 11) is 0. The van der Waals surface area contributed by atoms with Gasteiger partial charge < -0.3 is 9.73 Å². The van der Waals surface area contributed by atoms with Crippen LogP contribution in [-0.4, -0.2) is 27.0 Å². The Kier molecular flexibility index (Phi) is 4.47. The van der Waals surface area contributed by atoms with Crippen molar-refractivity contribution < 1.29 is 14.0 Å². The van der Waals surface area contributed by atoms with Crippen LogP contribution >= 0.6 is 15.9 Å². The van der Waals surface area contributed by atoms with Gasteiger partial charge in [0.15, 0.2) is 0 Å². The van der Waals surface area contributed by atoms with Crippen LogP contribution in [0.1, 0.15) is 35.9 Å². The molecule has 1 aliphatic heterocycles. The number of hydrogen-bond donors (Lipinski definition) is 1. The molecule has 3 amide bonds. The summed E-state index contributed by atoms with van der Waals surface area (Å²) in [5.74, 6) is 0.194. The van der Waals surface area contributed by atoms with Gasteiger partial charge in [0, 0.05) is 4.47 Å². The first-order chi connectivity index (χ1) is 14.5. The highest BCUT2D eigenvalue weighted by molar-refractivity contribution is 9.10. The van der Waals surface area contributed by atoms with Crippen LogP contribution in [0.5, 0.6) is 0 Å². The Morgan fingerprint density at radius 3 is 2.77 bits per heavy atom. The quantitative estimate of drug-likeness (QED) is 0.587. The molecule has 1 unspecified atom stereocenters. The lowest BCUT2D eigenvalue weighted by atomic mass is 9.90. The number of aromatic nitrogens is 2. The topological polar surface area (TPSA) is 88.3 Å². The average Bonchev–Trinajstić information content (AvgIpc) is 3.44. The predicted molar refractivity (Wildman–Crippen MR) is 112 cm³/mol. The number of nitrogens with zero attached hydrogens (tertiary/aromatic N) is 3. The number of halogens is 1. The molecule has 1 N–H and O–H groups in total. The summed E-state index contributed by atoms with van der Waals surface area (Å²) < 4.78 is 6.54. The number of aryl methyl sites for hydroxylation is 2. The summed E-state index contributed by atoms with van der Waals surface area (Å²) in [4.78, 5) is 27.0. The highest BCUT2D eigenvalue weighted by atomic mass is 79.9. The van der Waals surface area contributed by atoms with E-state index >= 15 is 0 Å². The Morgan fingerprint density at radius 1 is 1.13 bits per heavy atom. The molecule has 0 radical (unpaired) electrons. The number of carbonyl (C=O) groups is 2. The van der Waals surface area contributed by atoms with Crippen LogP contribution in [0, 0.1) is 0 Å². The summed E-state index contributed by atoms with van der Waals surface area (Å²) in [5, 5.41) is 10.9. The van der Waals surface area contributed by atoms with E-state index in [1.807, 2.05) is 36.4 Å². The first kappa shape index (κ1) is 19.0. The normalized spacial score (nSPS) is 20.5. The molecule has 8 heteroatoms. The number of amides is 3. The van der Waals surface area contributed by atoms with Crippen molar-refractivity contribution in [2.45, 2.75) is 38.3 Å². The molecule has 1 aliphatic carbocycles. The van der Waals surface area contributed by atoms with E-state index in [9.17, 15) is 9.59 Å². The van der Waals surface area contributed by atoms with E-state index < -0.39 is 11.6 Å². The lowest BCUT2D eigenvalue weighted by Crippen LogP contribution is -2.41. The van der Waals surface area contributed by atoms with Crippen LogP contribution in [0.15, 0.2) is 51.4 Å². The van der Waals surface area contributed by atoms with Crippen molar-refractivity contribution in [3.63, 3.8) is 0 Å². The summed E-state index contributed by atoms with van der Waals surface area (Å²) in [5.41, 5.74) is 3.01. The van der Waals surface area contributed by atoms with Crippen molar-refractivity contribution in [1.29, 1.82) is 0 Å². The standard InChI is InChI=1S/C22H19BrN4O3/c1-22(15-10-9-13-5-4-6-14(13)11-15)20(28)27(21(29)24-22)12-18-25-26-19(30-18)16-7-2-3-8-17(16)23/h2-3,7-11H,4-6,12H2,1H3,(H,24,29). The molecule has 5 rings (SSSR count). The van der Waals surface area contributed by atoms with Crippen molar-refractivity contribution in [1.82, 2.24) is 20.4 Å². The number of hydrogen-bond acceptors (Lipinski definition) is 5. The van der Waals surface area contributed by atoms with Gasteiger partial charge in [0.1, 0.15) is 12.1 Å². The van der Waals surface area contributed by atoms with Crippen LogP contribution in [0.4, 0.5) is 4.79 Å². The summed E-state index contributed by atoms with van der Waals surface area (Å²) >= 11 is 3.46. The second-order valence-corrected chi connectivity index (χ2v) is 8.62. The average molecular weight is 467 g/mol. The first-order valence-electron chi connectivity index (χ1n) is 9.79. The maximum atomic E-state index is 13.2. The van der Waals surface area contributed by atoms with Crippen molar-refractivity contribution >= 4 is 27.9 Å². The molecule has 0 spiro atoms. The van der Waals surface area contributed by atoms with E-state index in [0.717, 1.165) is 39.8 Å². The lowest BCUT2D eigenvalue weighted by Gasteiger charge is -2.23. The van der Waals surface area contributed by atoms with E-state index in [4.69, 9.17) is 4.42 Å². The summed E-state index contributed by atoms with van der Waals surface area (Å²) in [6, 6.07) is 13.0. The second kappa shape index (κ2) is 7.05. The number of nitrogens with one attached hydrogen (secondary N) is 1. The molecule has 3 aromatic rings. The molecule has 1 saturated heterocycles. The number of urea groups is 1. The van der Waals surface area contributed by atoms with Gasteiger partial charge >= 0.3 is 6.03 Å². The van der Waals surface area contributed by atoms with E-state index in [1.54, 1.807) is 6.92 Å². The number of imide groups is 1. The van der Waals surface area contributed by atoms with E-state index in [1.165, 1.54) is 11.1 Å². The third-order valence-corrected chi connectivity index (χ3v) is 6.51. The molecule has 2 aliphatic rings. The van der Waals surface area contributed by atoms with Crippen LogP contribution in [0.25, 0.3) is 11.5 Å². The smallest absolute Gasteiger partial charge is 0.325 e. The highest BCUT2D eigenvalue weighted by Crippen LogP contribution is 2.33. The van der Waals surface area contributed by atoms with Gasteiger partial charge in [-0.3, -0.25) is 9.69 Å². The lowest BCUT2D eigenvalue weighted by molar-refractivity contribution is -0.131. The Hall–Kier alpha value is -3.00. The molecule has 1 atom stereocenters. The second-order valence-electron chi connectivity index (χ2n) is 7.76. The summed E-state index contributed by atoms with van der Waals surface area (Å²) in [6.07, 6.45) is 3.19. The van der Waals surface area contributed by atoms with Crippen molar-refractivity contribution in [2.24, 2.45) is 0 Å². The SMILES string of the molecule is CC1(c2ccc3c(c2)CCC3)NC(=O)N(Cc2nnc(-c3ccccc3Br)o2)C1=O. The zero-order valence-corrected chi connectivity index (χ0v) is 17.9. The zero-order valence-electron chi connectivity index (χ0n) is 16.3. The predicted octanol–water partition coefficient (Wildman–Crippen LogP) is 3.96. The van der Waals surface area contributed by atoms with Crippen LogP contribution in [0.3, 0.4) is 0 Å². The number of benzene rings is 2. The molecule has 152 valence electrons.